The van der Waals surface area contributed by atoms with Crippen molar-refractivity contribution < 1.29 is 0 Å². The van der Waals surface area contributed by atoms with Crippen molar-refractivity contribution in [1.82, 2.24) is 4.98 Å². The normalized spacial score (nSPS) is 10.6. The summed E-state index contributed by atoms with van der Waals surface area (Å²) in [7, 11) is 0. The van der Waals surface area contributed by atoms with Gasteiger partial charge in [-0.25, -0.2) is 0 Å². The second-order valence-corrected chi connectivity index (χ2v) is 3.93. The zero-order valence-electron chi connectivity index (χ0n) is 6.59. The number of fused-ring (bicyclic) bond motifs is 1. The lowest BCUT2D eigenvalue weighted by Gasteiger charge is -2.02. The lowest BCUT2D eigenvalue weighted by Crippen LogP contribution is -1.87. The first kappa shape index (κ1) is 8.78. The molecule has 0 aliphatic heterocycles. The smallest absolute Gasteiger partial charge is 0.0901 e. The first-order chi connectivity index (χ1) is 6.18. The first-order valence-electron chi connectivity index (χ1n) is 3.68. The lowest BCUT2D eigenvalue weighted by atomic mass is 10.2. The molecule has 0 spiro atoms. The van der Waals surface area contributed by atoms with E-state index in [4.69, 9.17) is 17.3 Å². The molecule has 0 aliphatic rings. The van der Waals surface area contributed by atoms with E-state index in [9.17, 15) is 0 Å². The van der Waals surface area contributed by atoms with Crippen LogP contribution in [0.2, 0.25) is 5.02 Å². The Kier molecular flexibility index (Phi) is 2.14. The summed E-state index contributed by atoms with van der Waals surface area (Å²) in [4.78, 5) is 4.15. The fourth-order valence-corrected chi connectivity index (χ4v) is 1.70. The minimum Gasteiger partial charge on any atom is -0.397 e. The van der Waals surface area contributed by atoms with E-state index < -0.39 is 0 Å². The van der Waals surface area contributed by atoms with E-state index in [1.54, 1.807) is 6.20 Å². The third kappa shape index (κ3) is 1.49. The highest BCUT2D eigenvalue weighted by Crippen LogP contribution is 2.29. The maximum Gasteiger partial charge on any atom is 0.0901 e. The second-order valence-electron chi connectivity index (χ2n) is 2.70. The summed E-state index contributed by atoms with van der Waals surface area (Å²) in [5.41, 5.74) is 7.01. The fraction of sp³-hybridized carbons (Fsp3) is 0. The predicted molar refractivity (Wildman–Crippen MR) is 58.9 cm³/mol. The third-order valence-electron chi connectivity index (χ3n) is 1.77. The van der Waals surface area contributed by atoms with Gasteiger partial charge in [-0.3, -0.25) is 4.98 Å². The Bertz CT molecular complexity index is 470. The number of aromatic nitrogens is 1. The number of hydrogen-bond donors (Lipinski definition) is 1. The van der Waals surface area contributed by atoms with Crippen LogP contribution in [0, 0.1) is 0 Å². The van der Waals surface area contributed by atoms with Gasteiger partial charge in [0.25, 0.3) is 0 Å². The van der Waals surface area contributed by atoms with Crippen LogP contribution in [0.4, 0.5) is 5.69 Å². The van der Waals surface area contributed by atoms with Gasteiger partial charge >= 0.3 is 0 Å². The molecule has 4 heteroatoms. The number of nitrogens with two attached hydrogens (primary N) is 1. The van der Waals surface area contributed by atoms with Crippen molar-refractivity contribution in [2.75, 3.05) is 5.73 Å². The third-order valence-corrected chi connectivity index (χ3v) is 3.04. The van der Waals surface area contributed by atoms with Gasteiger partial charge in [0.05, 0.1) is 22.4 Å². The molecule has 0 radical (unpaired) electrons. The Labute approximate surface area is 88.8 Å². The van der Waals surface area contributed by atoms with Crippen LogP contribution in [0.5, 0.6) is 0 Å². The van der Waals surface area contributed by atoms with Gasteiger partial charge in [0, 0.05) is 9.86 Å². The SMILES string of the molecule is Nc1cnc2c(Cl)c(Br)ccc2c1. The molecular formula is C9H6BrClN2. The van der Waals surface area contributed by atoms with Crippen LogP contribution in [-0.4, -0.2) is 4.98 Å². The summed E-state index contributed by atoms with van der Waals surface area (Å²) in [6.45, 7) is 0. The van der Waals surface area contributed by atoms with E-state index in [1.807, 2.05) is 18.2 Å². The van der Waals surface area contributed by atoms with Gasteiger partial charge in [-0.2, -0.15) is 0 Å². The number of nitrogens with zero attached hydrogens (tertiary/aromatic N) is 1. The van der Waals surface area contributed by atoms with Crippen molar-refractivity contribution >= 4 is 44.1 Å². The Balaban J connectivity index is 2.87. The van der Waals surface area contributed by atoms with Crippen LogP contribution in [-0.2, 0) is 0 Å². The molecule has 1 aromatic carbocycles. The maximum absolute atomic E-state index is 6.03. The van der Waals surface area contributed by atoms with E-state index in [0.717, 1.165) is 15.4 Å². The van der Waals surface area contributed by atoms with Crippen LogP contribution in [0.3, 0.4) is 0 Å². The topological polar surface area (TPSA) is 38.9 Å². The minimum absolute atomic E-state index is 0.623. The molecule has 0 bridgehead atoms. The van der Waals surface area contributed by atoms with Crippen molar-refractivity contribution in [2.24, 2.45) is 0 Å². The molecule has 0 saturated heterocycles. The van der Waals surface area contributed by atoms with Crippen LogP contribution >= 0.6 is 27.5 Å². The van der Waals surface area contributed by atoms with Crippen molar-refractivity contribution in [3.8, 4) is 0 Å². The van der Waals surface area contributed by atoms with Crippen LogP contribution < -0.4 is 5.73 Å². The average molecular weight is 258 g/mol. The molecule has 0 atom stereocenters. The van der Waals surface area contributed by atoms with Crippen molar-refractivity contribution in [3.63, 3.8) is 0 Å². The highest BCUT2D eigenvalue weighted by molar-refractivity contribution is 9.10. The van der Waals surface area contributed by atoms with Crippen molar-refractivity contribution in [2.45, 2.75) is 0 Å². The molecule has 1 heterocycles. The van der Waals surface area contributed by atoms with E-state index in [1.165, 1.54) is 0 Å². The van der Waals surface area contributed by atoms with Crippen molar-refractivity contribution in [1.29, 1.82) is 0 Å². The monoisotopic (exact) mass is 256 g/mol. The number of benzene rings is 1. The van der Waals surface area contributed by atoms with Gasteiger partial charge in [-0.1, -0.05) is 17.7 Å². The molecule has 0 saturated carbocycles. The van der Waals surface area contributed by atoms with Gasteiger partial charge in [0.15, 0.2) is 0 Å². The summed E-state index contributed by atoms with van der Waals surface area (Å²) in [6, 6.07) is 5.65. The molecule has 13 heavy (non-hydrogen) atoms. The van der Waals surface area contributed by atoms with Gasteiger partial charge in [-0.05, 0) is 28.1 Å². The molecular weight excluding hydrogens is 251 g/mol. The number of hydrogen-bond acceptors (Lipinski definition) is 2. The molecule has 1 aromatic heterocycles. The van der Waals surface area contributed by atoms with Gasteiger partial charge in [0.1, 0.15) is 0 Å². The first-order valence-corrected chi connectivity index (χ1v) is 4.85. The maximum atomic E-state index is 6.03. The zero-order valence-corrected chi connectivity index (χ0v) is 8.93. The van der Waals surface area contributed by atoms with E-state index >= 15 is 0 Å². The highest BCUT2D eigenvalue weighted by atomic mass is 79.9. The Morgan fingerprint density at radius 2 is 2.15 bits per heavy atom. The zero-order chi connectivity index (χ0) is 9.42. The summed E-state index contributed by atoms with van der Waals surface area (Å²) in [5.74, 6) is 0. The fourth-order valence-electron chi connectivity index (χ4n) is 1.16. The molecule has 2 rings (SSSR count). The van der Waals surface area contributed by atoms with Gasteiger partial charge < -0.3 is 5.73 Å². The van der Waals surface area contributed by atoms with Gasteiger partial charge in [0.2, 0.25) is 0 Å². The molecule has 0 aliphatic carbocycles. The van der Waals surface area contributed by atoms with Crippen LogP contribution in [0.15, 0.2) is 28.9 Å². The molecule has 66 valence electrons. The summed E-state index contributed by atoms with van der Waals surface area (Å²) < 4.78 is 0.846. The molecule has 2 nitrogen and oxygen atoms in total. The number of pyridine rings is 1. The predicted octanol–water partition coefficient (Wildman–Crippen LogP) is 3.23. The molecule has 0 fully saturated rings. The van der Waals surface area contributed by atoms with Crippen LogP contribution in [0.1, 0.15) is 0 Å². The largest absolute Gasteiger partial charge is 0.397 e. The van der Waals surface area contributed by atoms with E-state index in [0.29, 0.717) is 10.7 Å². The van der Waals surface area contributed by atoms with Crippen LogP contribution in [0.25, 0.3) is 10.9 Å². The standard InChI is InChI=1S/C9H6BrClN2/c10-7-2-1-5-3-6(12)4-13-9(5)8(7)11/h1-4H,12H2. The molecule has 0 unspecified atom stereocenters. The average Bonchev–Trinajstić information content (AvgIpc) is 2.12. The van der Waals surface area contributed by atoms with E-state index in [2.05, 4.69) is 20.9 Å². The number of anilines is 1. The Hall–Kier alpha value is -0.800. The van der Waals surface area contributed by atoms with Crippen molar-refractivity contribution in [3.05, 3.63) is 33.9 Å². The molecule has 2 N–H and O–H groups in total. The number of halogens is 2. The quantitative estimate of drug-likeness (QED) is 0.787. The number of rotatable bonds is 0. The van der Waals surface area contributed by atoms with Gasteiger partial charge in [-0.15, -0.1) is 0 Å². The highest BCUT2D eigenvalue weighted by Gasteiger charge is 2.04. The molecule has 0 amide bonds. The summed E-state index contributed by atoms with van der Waals surface area (Å²) in [5, 5.41) is 1.57. The second kappa shape index (κ2) is 3.16. The lowest BCUT2D eigenvalue weighted by molar-refractivity contribution is 1.41. The number of nitrogen functional groups attached to an aromatic ring is 1. The summed E-state index contributed by atoms with van der Waals surface area (Å²) in [6.07, 6.45) is 1.60. The Morgan fingerprint density at radius 3 is 2.92 bits per heavy atom. The minimum atomic E-state index is 0.623. The Morgan fingerprint density at radius 1 is 1.38 bits per heavy atom. The summed E-state index contributed by atoms with van der Waals surface area (Å²) >= 11 is 9.36. The van der Waals surface area contributed by atoms with E-state index in [-0.39, 0.29) is 0 Å². The molecule has 2 aromatic rings.